The molecule has 1 unspecified atom stereocenters. The van der Waals surface area contributed by atoms with Crippen LogP contribution in [0.4, 0.5) is 13.2 Å². The number of fused-ring (bicyclic) bond motifs is 1. The fraction of sp³-hybridized carbons (Fsp3) is 0.500. The number of nitrogens with zero attached hydrogens (tertiary/aromatic N) is 2. The summed E-state index contributed by atoms with van der Waals surface area (Å²) in [4.78, 5) is 19.5. The molecule has 0 N–H and O–H groups in total. The average molecular weight is 496 g/mol. The van der Waals surface area contributed by atoms with Gasteiger partial charge in [-0.2, -0.15) is 0 Å². The fourth-order valence-electron chi connectivity index (χ4n) is 4.51. The number of pyridine rings is 1. The number of hydrogen-bond acceptors (Lipinski definition) is 7. The summed E-state index contributed by atoms with van der Waals surface area (Å²) in [5.41, 5.74) is 0.361. The summed E-state index contributed by atoms with van der Waals surface area (Å²) in [6.45, 7) is 3.39. The highest BCUT2D eigenvalue weighted by molar-refractivity contribution is 5.95. The Balaban J connectivity index is 1.46. The van der Waals surface area contributed by atoms with E-state index in [0.29, 0.717) is 25.1 Å². The van der Waals surface area contributed by atoms with Crippen LogP contribution in [0.3, 0.4) is 0 Å². The van der Waals surface area contributed by atoms with E-state index in [1.807, 2.05) is 32.0 Å². The fourth-order valence-corrected chi connectivity index (χ4v) is 4.51. The highest BCUT2D eigenvalue weighted by atomic mass is 19.4. The van der Waals surface area contributed by atoms with Crippen LogP contribution >= 0.6 is 0 Å². The van der Waals surface area contributed by atoms with Gasteiger partial charge in [-0.1, -0.05) is 6.07 Å². The van der Waals surface area contributed by atoms with Crippen LogP contribution in [0.2, 0.25) is 0 Å². The highest BCUT2D eigenvalue weighted by Crippen LogP contribution is 2.48. The molecule has 2 aliphatic rings. The van der Waals surface area contributed by atoms with E-state index in [-0.39, 0.29) is 24.0 Å². The molecular weight excluding hydrogens is 469 g/mol. The molecule has 0 saturated carbocycles. The number of carbonyl (C=O) groups excluding carboxylic acids is 1. The second-order valence-corrected chi connectivity index (χ2v) is 8.72. The molecule has 2 saturated heterocycles. The van der Waals surface area contributed by atoms with Crippen molar-refractivity contribution in [3.8, 4) is 11.5 Å². The summed E-state index contributed by atoms with van der Waals surface area (Å²) in [7, 11) is 1.39. The van der Waals surface area contributed by atoms with E-state index in [1.54, 1.807) is 17.2 Å². The summed E-state index contributed by atoms with van der Waals surface area (Å²) in [6.07, 6.45) is -2.93. The smallest absolute Gasteiger partial charge is 0.493 e. The Labute approximate surface area is 200 Å². The Kier molecular flexibility index (Phi) is 6.94. The number of benzene rings is 1. The van der Waals surface area contributed by atoms with Gasteiger partial charge < -0.3 is 23.8 Å². The van der Waals surface area contributed by atoms with Crippen molar-refractivity contribution in [2.75, 3.05) is 33.4 Å². The molecule has 1 amide bonds. The Morgan fingerprint density at radius 1 is 1.20 bits per heavy atom. The normalized spacial score (nSPS) is 23.6. The van der Waals surface area contributed by atoms with Crippen molar-refractivity contribution >= 4 is 5.91 Å². The Bertz CT molecular complexity index is 1050. The van der Waals surface area contributed by atoms with Gasteiger partial charge in [-0.25, -0.2) is 0 Å². The zero-order valence-electron chi connectivity index (χ0n) is 19.6. The molecule has 1 aromatic carbocycles. The molecular formula is C24H27F3N2O6. The van der Waals surface area contributed by atoms with Crippen LogP contribution in [0.1, 0.15) is 36.3 Å². The number of alkyl halides is 3. The molecule has 2 aromatic rings. The van der Waals surface area contributed by atoms with Crippen LogP contribution in [0.25, 0.3) is 0 Å². The predicted molar refractivity (Wildman–Crippen MR) is 117 cm³/mol. The van der Waals surface area contributed by atoms with E-state index in [4.69, 9.17) is 18.9 Å². The number of halogens is 3. The molecule has 2 aliphatic heterocycles. The maximum atomic E-state index is 13.3. The lowest BCUT2D eigenvalue weighted by molar-refractivity contribution is -0.325. The van der Waals surface area contributed by atoms with Crippen LogP contribution in [0, 0.1) is 0 Å². The van der Waals surface area contributed by atoms with Crippen molar-refractivity contribution in [1.29, 1.82) is 0 Å². The molecule has 35 heavy (non-hydrogen) atoms. The second kappa shape index (κ2) is 9.63. The van der Waals surface area contributed by atoms with E-state index < -0.39 is 30.5 Å². The van der Waals surface area contributed by atoms with Gasteiger partial charge in [0, 0.05) is 24.7 Å². The van der Waals surface area contributed by atoms with E-state index >= 15 is 0 Å². The molecule has 3 heterocycles. The number of rotatable bonds is 7. The largest absolute Gasteiger partial charge is 0.522 e. The minimum Gasteiger partial charge on any atom is -0.493 e. The highest BCUT2D eigenvalue weighted by Gasteiger charge is 2.57. The van der Waals surface area contributed by atoms with Gasteiger partial charge in [0.05, 0.1) is 26.0 Å². The third kappa shape index (κ3) is 5.52. The van der Waals surface area contributed by atoms with Gasteiger partial charge in [-0.05, 0) is 44.2 Å². The molecule has 0 bridgehead atoms. The third-order valence-corrected chi connectivity index (χ3v) is 5.92. The number of aromatic nitrogens is 1. The average Bonchev–Trinajstić information content (AvgIpc) is 3.11. The Morgan fingerprint density at radius 3 is 2.69 bits per heavy atom. The molecule has 0 spiro atoms. The van der Waals surface area contributed by atoms with Crippen molar-refractivity contribution in [2.45, 2.75) is 44.1 Å². The number of ether oxygens (including phenoxy) is 5. The zero-order chi connectivity index (χ0) is 25.3. The second-order valence-electron chi connectivity index (χ2n) is 8.72. The topological polar surface area (TPSA) is 79.4 Å². The van der Waals surface area contributed by atoms with Crippen molar-refractivity contribution in [3.63, 3.8) is 0 Å². The lowest BCUT2D eigenvalue weighted by Gasteiger charge is -2.41. The van der Waals surface area contributed by atoms with Crippen LogP contribution in [0.15, 0.2) is 42.6 Å². The molecule has 2 fully saturated rings. The minimum atomic E-state index is -4.73. The molecule has 1 aromatic heterocycles. The molecule has 2 atom stereocenters. The molecule has 8 nitrogen and oxygen atoms in total. The Hall–Kier alpha value is -2.89. The van der Waals surface area contributed by atoms with Gasteiger partial charge in [0.2, 0.25) is 0 Å². The van der Waals surface area contributed by atoms with E-state index in [0.717, 1.165) is 5.69 Å². The maximum Gasteiger partial charge on any atom is 0.522 e. The predicted octanol–water partition coefficient (Wildman–Crippen LogP) is 3.90. The van der Waals surface area contributed by atoms with Crippen molar-refractivity contribution in [3.05, 3.63) is 53.9 Å². The van der Waals surface area contributed by atoms with E-state index in [2.05, 4.69) is 9.72 Å². The number of likely N-dealkylation sites (tertiary alicyclic amines) is 1. The van der Waals surface area contributed by atoms with E-state index in [9.17, 15) is 18.0 Å². The number of carbonyl (C=O) groups is 1. The SMILES string of the molecule is COc1cc(C(=O)N2CC[C@]3(c4ccccn4)OC(C)(C)OC3C2)ccc1OCCOC(F)(F)F. The van der Waals surface area contributed by atoms with Gasteiger partial charge >= 0.3 is 6.36 Å². The molecule has 11 heteroatoms. The summed E-state index contributed by atoms with van der Waals surface area (Å²) in [6, 6.07) is 10.2. The third-order valence-electron chi connectivity index (χ3n) is 5.92. The summed E-state index contributed by atoms with van der Waals surface area (Å²) < 4.78 is 63.2. The van der Waals surface area contributed by atoms with Gasteiger partial charge in [0.25, 0.3) is 5.91 Å². The first-order valence-corrected chi connectivity index (χ1v) is 11.1. The monoisotopic (exact) mass is 496 g/mol. The van der Waals surface area contributed by atoms with E-state index in [1.165, 1.54) is 19.2 Å². The molecule has 0 radical (unpaired) electrons. The van der Waals surface area contributed by atoms with Gasteiger partial charge in [0.15, 0.2) is 17.3 Å². The van der Waals surface area contributed by atoms with Crippen LogP contribution in [0.5, 0.6) is 11.5 Å². The van der Waals surface area contributed by atoms with Gasteiger partial charge in [-0.15, -0.1) is 13.2 Å². The Morgan fingerprint density at radius 2 is 2.00 bits per heavy atom. The van der Waals surface area contributed by atoms with Gasteiger partial charge in [-0.3, -0.25) is 14.5 Å². The molecule has 4 rings (SSSR count). The standard InChI is InChI=1S/C24H27F3N2O6/c1-22(2)34-20-15-29(11-9-23(20,35-22)19-6-4-5-10-28-19)21(30)16-7-8-17(18(14-16)31-3)32-12-13-33-24(25,26)27/h4-8,10,14,20H,9,11-13,15H2,1-3H3/t20?,23-/m1/s1. The maximum absolute atomic E-state index is 13.3. The van der Waals surface area contributed by atoms with Crippen molar-refractivity contribution < 1.29 is 41.7 Å². The lowest BCUT2D eigenvalue weighted by atomic mass is 9.85. The lowest BCUT2D eigenvalue weighted by Crippen LogP contribution is -2.53. The van der Waals surface area contributed by atoms with Crippen LogP contribution in [-0.4, -0.2) is 67.5 Å². The quantitative estimate of drug-likeness (QED) is 0.538. The zero-order valence-corrected chi connectivity index (χ0v) is 19.6. The number of methoxy groups -OCH3 is 1. The number of hydrogen-bond donors (Lipinski definition) is 0. The first kappa shape index (κ1) is 25.2. The van der Waals surface area contributed by atoms with Crippen LogP contribution < -0.4 is 9.47 Å². The van der Waals surface area contributed by atoms with Crippen molar-refractivity contribution in [1.82, 2.24) is 9.88 Å². The first-order chi connectivity index (χ1) is 16.5. The minimum absolute atomic E-state index is 0.205. The summed E-state index contributed by atoms with van der Waals surface area (Å²) in [5, 5.41) is 0. The van der Waals surface area contributed by atoms with Crippen molar-refractivity contribution in [2.24, 2.45) is 0 Å². The van der Waals surface area contributed by atoms with Crippen LogP contribution in [-0.2, 0) is 19.8 Å². The summed E-state index contributed by atoms with van der Waals surface area (Å²) in [5.74, 6) is -0.640. The van der Waals surface area contributed by atoms with Gasteiger partial charge in [0.1, 0.15) is 18.3 Å². The summed E-state index contributed by atoms with van der Waals surface area (Å²) >= 11 is 0. The number of amides is 1. The molecule has 190 valence electrons. The molecule has 0 aliphatic carbocycles. The first-order valence-electron chi connectivity index (χ1n) is 11.1. The number of piperidine rings is 1.